The lowest BCUT2D eigenvalue weighted by Crippen LogP contribution is -2.25. The molecule has 1 aromatic heterocycles. The van der Waals surface area contributed by atoms with Crippen molar-refractivity contribution in [1.29, 1.82) is 0 Å². The van der Waals surface area contributed by atoms with Gasteiger partial charge in [-0.2, -0.15) is 0 Å². The van der Waals surface area contributed by atoms with Gasteiger partial charge in [0.25, 0.3) is 0 Å². The van der Waals surface area contributed by atoms with Gasteiger partial charge in [0, 0.05) is 39.5 Å². The summed E-state index contributed by atoms with van der Waals surface area (Å²) in [5.41, 5.74) is 0.926. The summed E-state index contributed by atoms with van der Waals surface area (Å²) < 4.78 is 6.90. The van der Waals surface area contributed by atoms with Crippen molar-refractivity contribution < 1.29 is 9.53 Å². The SMILES string of the molecule is CC(=O)Oc1ccccc1CN(C)C(=S)CCCc1nnnn1C. The van der Waals surface area contributed by atoms with Crippen molar-refractivity contribution in [3.8, 4) is 5.75 Å². The van der Waals surface area contributed by atoms with Gasteiger partial charge >= 0.3 is 5.97 Å². The minimum atomic E-state index is -0.329. The fourth-order valence-electron chi connectivity index (χ4n) is 2.28. The van der Waals surface area contributed by atoms with Gasteiger partial charge < -0.3 is 9.64 Å². The summed E-state index contributed by atoms with van der Waals surface area (Å²) in [5, 5.41) is 11.4. The summed E-state index contributed by atoms with van der Waals surface area (Å²) in [6, 6.07) is 7.48. The molecule has 1 heterocycles. The molecule has 0 fully saturated rings. The van der Waals surface area contributed by atoms with E-state index in [1.807, 2.05) is 37.2 Å². The molecule has 0 spiro atoms. The number of benzene rings is 1. The Morgan fingerprint density at radius 1 is 1.38 bits per heavy atom. The zero-order valence-corrected chi connectivity index (χ0v) is 14.9. The summed E-state index contributed by atoms with van der Waals surface area (Å²) in [5.74, 6) is 1.09. The van der Waals surface area contributed by atoms with Gasteiger partial charge in [0.1, 0.15) is 5.75 Å². The Kier molecular flexibility index (Phi) is 6.36. The molecule has 0 atom stereocenters. The molecule has 0 bridgehead atoms. The van der Waals surface area contributed by atoms with Crippen molar-refractivity contribution in [2.45, 2.75) is 32.7 Å². The zero-order valence-electron chi connectivity index (χ0n) is 14.1. The van der Waals surface area contributed by atoms with Gasteiger partial charge in [0.15, 0.2) is 5.82 Å². The maximum absolute atomic E-state index is 11.2. The highest BCUT2D eigenvalue weighted by atomic mass is 32.1. The fraction of sp³-hybridized carbons (Fsp3) is 0.438. The van der Waals surface area contributed by atoms with Crippen LogP contribution < -0.4 is 4.74 Å². The molecule has 0 unspecified atom stereocenters. The van der Waals surface area contributed by atoms with E-state index in [2.05, 4.69) is 15.5 Å². The minimum Gasteiger partial charge on any atom is -0.426 e. The number of hydrogen-bond acceptors (Lipinski definition) is 6. The van der Waals surface area contributed by atoms with Crippen LogP contribution >= 0.6 is 12.2 Å². The van der Waals surface area contributed by atoms with Gasteiger partial charge in [0.05, 0.1) is 4.99 Å². The Hall–Kier alpha value is -2.35. The number of carbonyl (C=O) groups excluding carboxylic acids is 1. The molecule has 0 radical (unpaired) electrons. The van der Waals surface area contributed by atoms with Crippen LogP contribution in [0.25, 0.3) is 0 Å². The van der Waals surface area contributed by atoms with E-state index in [-0.39, 0.29) is 5.97 Å². The van der Waals surface area contributed by atoms with Crippen molar-refractivity contribution in [2.24, 2.45) is 7.05 Å². The average molecular weight is 347 g/mol. The van der Waals surface area contributed by atoms with Crippen LogP contribution in [0.2, 0.25) is 0 Å². The number of aromatic nitrogens is 4. The average Bonchev–Trinajstić information content (AvgIpc) is 2.94. The summed E-state index contributed by atoms with van der Waals surface area (Å²) >= 11 is 5.49. The van der Waals surface area contributed by atoms with Crippen LogP contribution in [0.1, 0.15) is 31.2 Å². The molecule has 1 aromatic carbocycles. The van der Waals surface area contributed by atoms with Crippen molar-refractivity contribution in [2.75, 3.05) is 7.05 Å². The standard InChI is InChI=1S/C16H21N5O2S/c1-12(22)23-14-8-5-4-7-13(14)11-20(2)16(24)10-6-9-15-17-18-19-21(15)3/h4-5,7-8H,6,9-11H2,1-3H3. The smallest absolute Gasteiger partial charge is 0.308 e. The van der Waals surface area contributed by atoms with Crippen LogP contribution in [0.3, 0.4) is 0 Å². The van der Waals surface area contributed by atoms with Crippen LogP contribution in [0.15, 0.2) is 24.3 Å². The first kappa shape index (κ1) is 18.0. The maximum atomic E-state index is 11.2. The first-order valence-corrected chi connectivity index (χ1v) is 8.09. The molecule has 24 heavy (non-hydrogen) atoms. The molecule has 0 aliphatic heterocycles. The maximum Gasteiger partial charge on any atom is 0.308 e. The molecule has 128 valence electrons. The van der Waals surface area contributed by atoms with Crippen molar-refractivity contribution in [3.63, 3.8) is 0 Å². The first-order valence-electron chi connectivity index (χ1n) is 7.69. The van der Waals surface area contributed by atoms with E-state index in [4.69, 9.17) is 17.0 Å². The topological polar surface area (TPSA) is 73.1 Å². The van der Waals surface area contributed by atoms with Gasteiger partial charge in [-0.15, -0.1) is 5.10 Å². The van der Waals surface area contributed by atoms with Gasteiger partial charge in [-0.25, -0.2) is 4.68 Å². The second kappa shape index (κ2) is 8.49. The lowest BCUT2D eigenvalue weighted by atomic mass is 10.1. The molecule has 8 heteroatoms. The van der Waals surface area contributed by atoms with Crippen LogP contribution in [0, 0.1) is 0 Å². The Bertz CT molecular complexity index is 716. The Balaban J connectivity index is 1.87. The molecular formula is C16H21N5O2S. The number of esters is 1. The van der Waals surface area contributed by atoms with Gasteiger partial charge in [0.2, 0.25) is 0 Å². The van der Waals surface area contributed by atoms with E-state index in [1.54, 1.807) is 10.7 Å². The monoisotopic (exact) mass is 347 g/mol. The number of aryl methyl sites for hydroxylation is 2. The first-order chi connectivity index (χ1) is 11.5. The Labute approximate surface area is 146 Å². The van der Waals surface area contributed by atoms with Gasteiger partial charge in [-0.3, -0.25) is 4.79 Å². The third-order valence-corrected chi connectivity index (χ3v) is 4.07. The van der Waals surface area contributed by atoms with Gasteiger partial charge in [-0.05, 0) is 29.3 Å². The third-order valence-electron chi connectivity index (χ3n) is 3.56. The molecular weight excluding hydrogens is 326 g/mol. The second-order valence-corrected chi connectivity index (χ2v) is 5.99. The number of ether oxygens (including phenoxy) is 1. The number of hydrogen-bond donors (Lipinski definition) is 0. The molecule has 0 saturated heterocycles. The van der Waals surface area contributed by atoms with E-state index in [0.717, 1.165) is 35.6 Å². The summed E-state index contributed by atoms with van der Waals surface area (Å²) in [6.07, 6.45) is 2.43. The van der Waals surface area contributed by atoms with E-state index >= 15 is 0 Å². The summed E-state index contributed by atoms with van der Waals surface area (Å²) in [4.78, 5) is 14.0. The predicted molar refractivity (Wildman–Crippen MR) is 93.6 cm³/mol. The van der Waals surface area contributed by atoms with Crippen LogP contribution in [0.4, 0.5) is 0 Å². The number of tetrazole rings is 1. The number of nitrogens with zero attached hydrogens (tertiary/aromatic N) is 5. The molecule has 0 saturated carbocycles. The van der Waals surface area contributed by atoms with Crippen molar-refractivity contribution in [3.05, 3.63) is 35.7 Å². The lowest BCUT2D eigenvalue weighted by molar-refractivity contribution is -0.131. The molecule has 7 nitrogen and oxygen atoms in total. The molecule has 0 aliphatic rings. The molecule has 0 amide bonds. The van der Waals surface area contributed by atoms with Crippen LogP contribution in [0.5, 0.6) is 5.75 Å². The number of para-hydroxylation sites is 1. The van der Waals surface area contributed by atoms with E-state index in [0.29, 0.717) is 12.3 Å². The second-order valence-electron chi connectivity index (χ2n) is 5.52. The molecule has 2 rings (SSSR count). The predicted octanol–water partition coefficient (Wildman–Crippen LogP) is 1.92. The van der Waals surface area contributed by atoms with Crippen LogP contribution in [-0.2, 0) is 24.8 Å². The highest BCUT2D eigenvalue weighted by molar-refractivity contribution is 7.80. The molecule has 0 aliphatic carbocycles. The van der Waals surface area contributed by atoms with E-state index < -0.39 is 0 Å². The fourth-order valence-corrected chi connectivity index (χ4v) is 2.49. The molecule has 0 N–H and O–H groups in total. The third kappa shape index (κ3) is 5.09. The highest BCUT2D eigenvalue weighted by Gasteiger charge is 2.11. The van der Waals surface area contributed by atoms with Crippen molar-refractivity contribution >= 4 is 23.2 Å². The number of carbonyl (C=O) groups is 1. The van der Waals surface area contributed by atoms with Crippen molar-refractivity contribution in [1.82, 2.24) is 25.1 Å². The zero-order chi connectivity index (χ0) is 17.5. The number of rotatable bonds is 7. The normalized spacial score (nSPS) is 10.5. The summed E-state index contributed by atoms with van der Waals surface area (Å²) in [7, 11) is 3.77. The lowest BCUT2D eigenvalue weighted by Gasteiger charge is -2.21. The van der Waals surface area contributed by atoms with E-state index in [1.165, 1.54) is 6.92 Å². The number of thiocarbonyl (C=S) groups is 1. The Morgan fingerprint density at radius 2 is 2.12 bits per heavy atom. The minimum absolute atomic E-state index is 0.329. The quantitative estimate of drug-likeness (QED) is 0.430. The Morgan fingerprint density at radius 3 is 2.79 bits per heavy atom. The highest BCUT2D eigenvalue weighted by Crippen LogP contribution is 2.20. The van der Waals surface area contributed by atoms with Crippen LogP contribution in [-0.4, -0.2) is 43.1 Å². The van der Waals surface area contributed by atoms with E-state index in [9.17, 15) is 4.79 Å². The molecule has 2 aromatic rings. The van der Waals surface area contributed by atoms with Gasteiger partial charge in [-0.1, -0.05) is 30.4 Å². The summed E-state index contributed by atoms with van der Waals surface area (Å²) in [6.45, 7) is 1.99. The largest absolute Gasteiger partial charge is 0.426 e.